The van der Waals surface area contributed by atoms with Crippen molar-refractivity contribution in [2.45, 2.75) is 39.5 Å². The summed E-state index contributed by atoms with van der Waals surface area (Å²) in [5.41, 5.74) is 2.49. The van der Waals surface area contributed by atoms with Crippen LogP contribution in [0.3, 0.4) is 0 Å². The van der Waals surface area contributed by atoms with Gasteiger partial charge in [0.05, 0.1) is 12.4 Å². The lowest BCUT2D eigenvalue weighted by atomic mass is 10.1. The largest absolute Gasteiger partial charge is 0.494 e. The highest BCUT2D eigenvalue weighted by Crippen LogP contribution is 2.16. The van der Waals surface area contributed by atoms with Gasteiger partial charge >= 0.3 is 0 Å². The van der Waals surface area contributed by atoms with Gasteiger partial charge in [0.15, 0.2) is 0 Å². The van der Waals surface area contributed by atoms with Gasteiger partial charge in [0.25, 0.3) is 0 Å². The molecule has 0 radical (unpaired) electrons. The Labute approximate surface area is 120 Å². The molecule has 0 fully saturated rings. The molecule has 0 aliphatic carbocycles. The topological polar surface area (TPSA) is 43.4 Å². The van der Waals surface area contributed by atoms with Crippen molar-refractivity contribution in [2.75, 3.05) is 12.4 Å². The van der Waals surface area contributed by atoms with Crippen molar-refractivity contribution in [3.05, 3.63) is 29.3 Å². The molecule has 0 aliphatic heterocycles. The zero-order chi connectivity index (χ0) is 14.3. The van der Waals surface area contributed by atoms with Crippen LogP contribution in [0, 0.1) is 13.8 Å². The molecule has 0 heterocycles. The molecule has 0 saturated heterocycles. The van der Waals surface area contributed by atoms with Crippen molar-refractivity contribution in [1.82, 2.24) is 0 Å². The minimum absolute atomic E-state index is 0.0621. The van der Waals surface area contributed by atoms with E-state index in [0.29, 0.717) is 13.0 Å². The summed E-state index contributed by atoms with van der Waals surface area (Å²) in [6.45, 7) is 4.80. The monoisotopic (exact) mass is 304 g/mol. The first-order valence-electron chi connectivity index (χ1n) is 6.51. The Kier molecular flexibility index (Phi) is 6.66. The second-order valence-electron chi connectivity index (χ2n) is 4.75. The standard InChI is InChI=1S/C14H21ClO3S/c1-12-7-8-14(11-13(12)2)18-9-5-3-4-6-10-19(15,16)17/h7-8,11H,3-6,9-10H2,1-2H3. The van der Waals surface area contributed by atoms with Gasteiger partial charge in [0, 0.05) is 10.7 Å². The molecule has 0 amide bonds. The van der Waals surface area contributed by atoms with Gasteiger partial charge in [-0.15, -0.1) is 0 Å². The average molecular weight is 305 g/mol. The lowest BCUT2D eigenvalue weighted by Gasteiger charge is -2.08. The number of aryl methyl sites for hydroxylation is 2. The second-order valence-corrected chi connectivity index (χ2v) is 7.65. The van der Waals surface area contributed by atoms with Crippen LogP contribution in [-0.4, -0.2) is 20.8 Å². The smallest absolute Gasteiger partial charge is 0.232 e. The Balaban J connectivity index is 2.12. The van der Waals surface area contributed by atoms with E-state index in [1.807, 2.05) is 12.1 Å². The van der Waals surface area contributed by atoms with Crippen LogP contribution in [0.25, 0.3) is 0 Å². The van der Waals surface area contributed by atoms with Crippen LogP contribution in [0.5, 0.6) is 5.75 Å². The van der Waals surface area contributed by atoms with Crippen molar-refractivity contribution in [3.63, 3.8) is 0 Å². The van der Waals surface area contributed by atoms with Crippen LogP contribution in [0.4, 0.5) is 0 Å². The van der Waals surface area contributed by atoms with Crippen LogP contribution in [-0.2, 0) is 9.05 Å². The maximum absolute atomic E-state index is 10.7. The summed E-state index contributed by atoms with van der Waals surface area (Å²) < 4.78 is 27.1. The molecule has 19 heavy (non-hydrogen) atoms. The summed E-state index contributed by atoms with van der Waals surface area (Å²) >= 11 is 0. The number of rotatable bonds is 8. The van der Waals surface area contributed by atoms with E-state index < -0.39 is 9.05 Å². The molecule has 0 unspecified atom stereocenters. The Morgan fingerprint density at radius 3 is 2.37 bits per heavy atom. The zero-order valence-electron chi connectivity index (χ0n) is 11.5. The molecule has 1 aromatic carbocycles. The van der Waals surface area contributed by atoms with Crippen molar-refractivity contribution >= 4 is 19.7 Å². The molecule has 5 heteroatoms. The quantitative estimate of drug-likeness (QED) is 0.542. The number of halogens is 1. The van der Waals surface area contributed by atoms with Gasteiger partial charge in [-0.25, -0.2) is 8.42 Å². The summed E-state index contributed by atoms with van der Waals surface area (Å²) in [6, 6.07) is 6.06. The molecular formula is C14H21ClO3S. The van der Waals surface area contributed by atoms with Gasteiger partial charge < -0.3 is 4.74 Å². The number of benzene rings is 1. The molecule has 0 aromatic heterocycles. The molecule has 108 valence electrons. The lowest BCUT2D eigenvalue weighted by Crippen LogP contribution is -2.00. The summed E-state index contributed by atoms with van der Waals surface area (Å²) in [6.07, 6.45) is 3.37. The zero-order valence-corrected chi connectivity index (χ0v) is 13.1. The maximum atomic E-state index is 10.7. The SMILES string of the molecule is Cc1ccc(OCCCCCCS(=O)(=O)Cl)cc1C. The van der Waals surface area contributed by atoms with Crippen molar-refractivity contribution < 1.29 is 13.2 Å². The fourth-order valence-corrected chi connectivity index (χ4v) is 2.60. The average Bonchev–Trinajstić information content (AvgIpc) is 2.31. The first-order valence-corrected chi connectivity index (χ1v) is 8.99. The highest BCUT2D eigenvalue weighted by molar-refractivity contribution is 8.13. The maximum Gasteiger partial charge on any atom is 0.232 e. The molecule has 3 nitrogen and oxygen atoms in total. The fraction of sp³-hybridized carbons (Fsp3) is 0.571. The van der Waals surface area contributed by atoms with Crippen molar-refractivity contribution in [2.24, 2.45) is 0 Å². The molecule has 1 rings (SSSR count). The van der Waals surface area contributed by atoms with E-state index in [9.17, 15) is 8.42 Å². The van der Waals surface area contributed by atoms with E-state index in [0.717, 1.165) is 25.0 Å². The van der Waals surface area contributed by atoms with E-state index >= 15 is 0 Å². The fourth-order valence-electron chi connectivity index (χ4n) is 1.72. The van der Waals surface area contributed by atoms with Gasteiger partial charge in [-0.3, -0.25) is 0 Å². The van der Waals surface area contributed by atoms with E-state index in [4.69, 9.17) is 15.4 Å². The Morgan fingerprint density at radius 1 is 1.05 bits per heavy atom. The van der Waals surface area contributed by atoms with E-state index in [1.54, 1.807) is 0 Å². The molecule has 0 bridgehead atoms. The van der Waals surface area contributed by atoms with Gasteiger partial charge in [-0.05, 0) is 49.9 Å². The van der Waals surface area contributed by atoms with Gasteiger partial charge in [0.2, 0.25) is 9.05 Å². The minimum atomic E-state index is -3.33. The third-order valence-corrected chi connectivity index (χ3v) is 4.27. The van der Waals surface area contributed by atoms with Gasteiger partial charge in [-0.1, -0.05) is 18.9 Å². The van der Waals surface area contributed by atoms with Crippen LogP contribution in [0.2, 0.25) is 0 Å². The Bertz CT molecular complexity index is 497. The van der Waals surface area contributed by atoms with Gasteiger partial charge in [0.1, 0.15) is 5.75 Å². The number of hydrogen-bond acceptors (Lipinski definition) is 3. The predicted octanol–water partition coefficient (Wildman–Crippen LogP) is 3.81. The third-order valence-electron chi connectivity index (χ3n) is 3.03. The molecule has 0 aliphatic rings. The lowest BCUT2D eigenvalue weighted by molar-refractivity contribution is 0.305. The number of ether oxygens (including phenoxy) is 1. The summed E-state index contributed by atoms with van der Waals surface area (Å²) in [5, 5.41) is 0. The van der Waals surface area contributed by atoms with Crippen molar-refractivity contribution in [1.29, 1.82) is 0 Å². The van der Waals surface area contributed by atoms with E-state index in [-0.39, 0.29) is 5.75 Å². The van der Waals surface area contributed by atoms with Crippen LogP contribution in [0.1, 0.15) is 36.8 Å². The first-order chi connectivity index (χ1) is 8.88. The summed E-state index contributed by atoms with van der Waals surface area (Å²) in [4.78, 5) is 0. The Morgan fingerprint density at radius 2 is 1.74 bits per heavy atom. The molecule has 0 saturated carbocycles. The minimum Gasteiger partial charge on any atom is -0.494 e. The van der Waals surface area contributed by atoms with Gasteiger partial charge in [-0.2, -0.15) is 0 Å². The number of unbranched alkanes of at least 4 members (excludes halogenated alkanes) is 3. The highest BCUT2D eigenvalue weighted by Gasteiger charge is 2.03. The normalized spacial score (nSPS) is 11.5. The third kappa shape index (κ3) is 7.43. The summed E-state index contributed by atoms with van der Waals surface area (Å²) in [7, 11) is 1.80. The second kappa shape index (κ2) is 7.75. The highest BCUT2D eigenvalue weighted by atomic mass is 35.7. The van der Waals surface area contributed by atoms with Crippen LogP contribution >= 0.6 is 10.7 Å². The van der Waals surface area contributed by atoms with Crippen LogP contribution < -0.4 is 4.74 Å². The van der Waals surface area contributed by atoms with E-state index in [2.05, 4.69) is 19.9 Å². The molecule has 0 atom stereocenters. The molecule has 0 N–H and O–H groups in total. The number of hydrogen-bond donors (Lipinski definition) is 0. The molecule has 0 spiro atoms. The molecular weight excluding hydrogens is 284 g/mol. The van der Waals surface area contributed by atoms with Crippen LogP contribution in [0.15, 0.2) is 18.2 Å². The Hall–Kier alpha value is -0.740. The molecule has 1 aromatic rings. The van der Waals surface area contributed by atoms with Crippen molar-refractivity contribution in [3.8, 4) is 5.75 Å². The van der Waals surface area contributed by atoms with E-state index in [1.165, 1.54) is 11.1 Å². The first kappa shape index (κ1) is 16.3. The predicted molar refractivity (Wildman–Crippen MR) is 79.5 cm³/mol. The summed E-state index contributed by atoms with van der Waals surface area (Å²) in [5.74, 6) is 0.957.